The molecule has 0 atom stereocenters. The summed E-state index contributed by atoms with van der Waals surface area (Å²) in [6, 6.07) is 11.2. The quantitative estimate of drug-likeness (QED) is 0.504. The lowest BCUT2D eigenvalue weighted by molar-refractivity contribution is 0.0692. The third-order valence-corrected chi connectivity index (χ3v) is 2.67. The molecule has 2 aromatic rings. The summed E-state index contributed by atoms with van der Waals surface area (Å²) in [5.74, 6) is 3.01. The molecule has 0 spiro atoms. The fraction of sp³-hybridized carbons (Fsp3) is 0. The highest BCUT2D eigenvalue weighted by molar-refractivity contribution is 5.88. The van der Waals surface area contributed by atoms with Crippen molar-refractivity contribution in [2.75, 3.05) is 0 Å². The van der Waals surface area contributed by atoms with E-state index in [4.69, 9.17) is 10.9 Å². The van der Waals surface area contributed by atoms with Gasteiger partial charge in [-0.15, -0.1) is 0 Å². The van der Waals surface area contributed by atoms with Gasteiger partial charge in [-0.25, -0.2) is 9.18 Å². The normalized spacial score (nSPS) is 10.8. The number of carboxylic acids is 1. The van der Waals surface area contributed by atoms with Crippen molar-refractivity contribution in [1.82, 2.24) is 0 Å². The third-order valence-electron chi connectivity index (χ3n) is 2.67. The van der Waals surface area contributed by atoms with E-state index in [1.165, 1.54) is 18.3 Å². The standard InChI is InChI=1S/C14H11FN2O2/c15-13-7-11(5-6-12(13)14(18)19)10-3-1-9(2-4-10)8-17-16/h1-8H,16H2,(H,18,19). The molecule has 0 fully saturated rings. The van der Waals surface area contributed by atoms with Crippen LogP contribution in [0.2, 0.25) is 0 Å². The van der Waals surface area contributed by atoms with Crippen molar-refractivity contribution in [2.24, 2.45) is 10.9 Å². The van der Waals surface area contributed by atoms with E-state index < -0.39 is 11.8 Å². The second kappa shape index (κ2) is 5.30. The lowest BCUT2D eigenvalue weighted by Gasteiger charge is -2.04. The molecule has 3 N–H and O–H groups in total. The maximum Gasteiger partial charge on any atom is 0.338 e. The predicted molar refractivity (Wildman–Crippen MR) is 70.6 cm³/mol. The molecule has 0 unspecified atom stereocenters. The van der Waals surface area contributed by atoms with Crippen molar-refractivity contribution in [3.8, 4) is 11.1 Å². The zero-order valence-electron chi connectivity index (χ0n) is 9.88. The van der Waals surface area contributed by atoms with Gasteiger partial charge in [0.15, 0.2) is 0 Å². The molecule has 5 heteroatoms. The minimum Gasteiger partial charge on any atom is -0.478 e. The average Bonchev–Trinajstić information content (AvgIpc) is 2.39. The van der Waals surface area contributed by atoms with E-state index in [0.29, 0.717) is 5.56 Å². The number of hydrogen-bond acceptors (Lipinski definition) is 3. The van der Waals surface area contributed by atoms with E-state index in [2.05, 4.69) is 5.10 Å². The molecule has 0 aromatic heterocycles. The number of nitrogens with two attached hydrogens (primary N) is 1. The minimum absolute atomic E-state index is 0.337. The molecule has 0 heterocycles. The molecule has 2 rings (SSSR count). The van der Waals surface area contributed by atoms with Crippen LogP contribution in [0.5, 0.6) is 0 Å². The molecule has 0 aliphatic heterocycles. The van der Waals surface area contributed by atoms with Gasteiger partial charge in [0.1, 0.15) is 5.82 Å². The number of nitrogens with zero attached hydrogens (tertiary/aromatic N) is 1. The Morgan fingerprint density at radius 1 is 1.16 bits per heavy atom. The highest BCUT2D eigenvalue weighted by atomic mass is 19.1. The van der Waals surface area contributed by atoms with Crippen LogP contribution in [0, 0.1) is 5.82 Å². The van der Waals surface area contributed by atoms with Crippen LogP contribution in [0.1, 0.15) is 15.9 Å². The number of carbonyl (C=O) groups is 1. The summed E-state index contributed by atoms with van der Waals surface area (Å²) in [6.45, 7) is 0. The van der Waals surface area contributed by atoms with Crippen LogP contribution in [0.25, 0.3) is 11.1 Å². The second-order valence-corrected chi connectivity index (χ2v) is 3.90. The van der Waals surface area contributed by atoms with Crippen molar-refractivity contribution in [1.29, 1.82) is 0 Å². The summed E-state index contributed by atoms with van der Waals surface area (Å²) in [7, 11) is 0. The number of aromatic carboxylic acids is 1. The van der Waals surface area contributed by atoms with Crippen LogP contribution in [-0.2, 0) is 0 Å². The van der Waals surface area contributed by atoms with Gasteiger partial charge >= 0.3 is 5.97 Å². The lowest BCUT2D eigenvalue weighted by atomic mass is 10.0. The summed E-state index contributed by atoms with van der Waals surface area (Å²) in [6.07, 6.45) is 1.50. The first-order valence-electron chi connectivity index (χ1n) is 5.48. The molecule has 0 bridgehead atoms. The molecule has 4 nitrogen and oxygen atoms in total. The SMILES string of the molecule is NN=Cc1ccc(-c2ccc(C(=O)O)c(F)c2)cc1. The molecule has 0 amide bonds. The number of hydrogen-bond donors (Lipinski definition) is 2. The van der Waals surface area contributed by atoms with E-state index in [-0.39, 0.29) is 5.56 Å². The highest BCUT2D eigenvalue weighted by Crippen LogP contribution is 2.22. The first-order valence-corrected chi connectivity index (χ1v) is 5.48. The van der Waals surface area contributed by atoms with E-state index >= 15 is 0 Å². The Morgan fingerprint density at radius 3 is 2.32 bits per heavy atom. The Labute approximate surface area is 109 Å². The monoisotopic (exact) mass is 258 g/mol. The molecule has 0 saturated carbocycles. The van der Waals surface area contributed by atoms with E-state index in [0.717, 1.165) is 11.1 Å². The molecule has 0 aliphatic carbocycles. The van der Waals surface area contributed by atoms with Crippen molar-refractivity contribution >= 4 is 12.2 Å². The van der Waals surface area contributed by atoms with Gasteiger partial charge in [0.05, 0.1) is 11.8 Å². The zero-order valence-corrected chi connectivity index (χ0v) is 9.88. The molecule has 0 saturated heterocycles. The Bertz CT molecular complexity index is 636. The summed E-state index contributed by atoms with van der Waals surface area (Å²) >= 11 is 0. The van der Waals surface area contributed by atoms with Crippen LogP contribution in [-0.4, -0.2) is 17.3 Å². The smallest absolute Gasteiger partial charge is 0.338 e. The predicted octanol–water partition coefficient (Wildman–Crippen LogP) is 2.48. The largest absolute Gasteiger partial charge is 0.478 e. The topological polar surface area (TPSA) is 75.7 Å². The Balaban J connectivity index is 2.36. The third kappa shape index (κ3) is 2.77. The number of benzene rings is 2. The summed E-state index contributed by atoms with van der Waals surface area (Å²) in [5, 5.41) is 12.2. The molecule has 2 aromatic carbocycles. The molecule has 0 radical (unpaired) electrons. The Hall–Kier alpha value is -2.69. The number of halogens is 1. The Kier molecular flexibility index (Phi) is 3.56. The van der Waals surface area contributed by atoms with Crippen LogP contribution < -0.4 is 5.84 Å². The van der Waals surface area contributed by atoms with Gasteiger partial charge in [0.2, 0.25) is 0 Å². The molecular formula is C14H11FN2O2. The van der Waals surface area contributed by atoms with Crippen LogP contribution in [0.4, 0.5) is 4.39 Å². The second-order valence-electron chi connectivity index (χ2n) is 3.90. The first-order chi connectivity index (χ1) is 9.11. The first kappa shape index (κ1) is 12.8. The summed E-state index contributed by atoms with van der Waals surface area (Å²) < 4.78 is 13.6. The van der Waals surface area contributed by atoms with Gasteiger partial charge in [-0.05, 0) is 28.8 Å². The molecular weight excluding hydrogens is 247 g/mol. The van der Waals surface area contributed by atoms with Gasteiger partial charge < -0.3 is 10.9 Å². The molecule has 0 aliphatic rings. The number of hydrazone groups is 1. The lowest BCUT2D eigenvalue weighted by Crippen LogP contribution is -2.00. The minimum atomic E-state index is -1.28. The maximum atomic E-state index is 13.6. The number of rotatable bonds is 3. The average molecular weight is 258 g/mol. The van der Waals surface area contributed by atoms with Gasteiger partial charge in [-0.1, -0.05) is 30.3 Å². The number of carboxylic acid groups (broad SMARTS) is 1. The van der Waals surface area contributed by atoms with E-state index in [1.54, 1.807) is 30.3 Å². The van der Waals surface area contributed by atoms with Gasteiger partial charge in [-0.3, -0.25) is 0 Å². The summed E-state index contributed by atoms with van der Waals surface area (Å²) in [5.41, 5.74) is 1.88. The van der Waals surface area contributed by atoms with Crippen molar-refractivity contribution in [3.63, 3.8) is 0 Å². The van der Waals surface area contributed by atoms with Crippen molar-refractivity contribution in [3.05, 3.63) is 59.4 Å². The van der Waals surface area contributed by atoms with Crippen LogP contribution in [0.3, 0.4) is 0 Å². The van der Waals surface area contributed by atoms with Gasteiger partial charge in [0, 0.05) is 0 Å². The fourth-order valence-corrected chi connectivity index (χ4v) is 1.72. The van der Waals surface area contributed by atoms with E-state index in [9.17, 15) is 9.18 Å². The van der Waals surface area contributed by atoms with E-state index in [1.807, 2.05) is 0 Å². The van der Waals surface area contributed by atoms with Gasteiger partial charge in [-0.2, -0.15) is 5.10 Å². The van der Waals surface area contributed by atoms with Crippen LogP contribution >= 0.6 is 0 Å². The van der Waals surface area contributed by atoms with Crippen molar-refractivity contribution in [2.45, 2.75) is 0 Å². The zero-order chi connectivity index (χ0) is 13.8. The van der Waals surface area contributed by atoms with Gasteiger partial charge in [0.25, 0.3) is 0 Å². The molecule has 19 heavy (non-hydrogen) atoms. The van der Waals surface area contributed by atoms with Crippen molar-refractivity contribution < 1.29 is 14.3 Å². The molecule has 96 valence electrons. The highest BCUT2D eigenvalue weighted by Gasteiger charge is 2.10. The van der Waals surface area contributed by atoms with Crippen LogP contribution in [0.15, 0.2) is 47.6 Å². The fourth-order valence-electron chi connectivity index (χ4n) is 1.72. The maximum absolute atomic E-state index is 13.6. The summed E-state index contributed by atoms with van der Waals surface area (Å²) in [4.78, 5) is 10.7. The Morgan fingerprint density at radius 2 is 1.79 bits per heavy atom.